The number of hydrogen-bond donors (Lipinski definition) is 0. The Morgan fingerprint density at radius 2 is 2.12 bits per heavy atom. The van der Waals surface area contributed by atoms with E-state index in [2.05, 4.69) is 19.6 Å². The van der Waals surface area contributed by atoms with Gasteiger partial charge in [0.15, 0.2) is 0 Å². The van der Waals surface area contributed by atoms with E-state index in [1.54, 1.807) is 0 Å². The molecule has 94 valence electrons. The van der Waals surface area contributed by atoms with Crippen LogP contribution in [0.2, 0.25) is 25.7 Å². The second-order valence-corrected chi connectivity index (χ2v) is 12.8. The van der Waals surface area contributed by atoms with E-state index in [1.165, 1.54) is 25.0 Å². The van der Waals surface area contributed by atoms with Crippen LogP contribution in [0.4, 0.5) is 0 Å². The second kappa shape index (κ2) is 6.69. The fraction of sp³-hybridized carbons (Fsp3) is 0.917. The molecule has 0 N–H and O–H groups in total. The molecule has 1 rings (SSSR count). The lowest BCUT2D eigenvalue weighted by Gasteiger charge is -2.20. The van der Waals surface area contributed by atoms with Crippen molar-refractivity contribution in [3.63, 3.8) is 0 Å². The van der Waals surface area contributed by atoms with E-state index in [9.17, 15) is 4.79 Å². The standard InChI is InChI=1S/C12H24O2SSi/c1-16(2,3)9-7-14-12(13)10-11-6-4-5-8-15-11/h11H,4-10H2,1-3H3. The van der Waals surface area contributed by atoms with Crippen molar-refractivity contribution in [2.24, 2.45) is 0 Å². The number of esters is 1. The van der Waals surface area contributed by atoms with Gasteiger partial charge < -0.3 is 4.74 Å². The van der Waals surface area contributed by atoms with Crippen LogP contribution in [0.15, 0.2) is 0 Å². The molecule has 0 aliphatic carbocycles. The molecule has 4 heteroatoms. The SMILES string of the molecule is C[Si](C)(C)CCOC(=O)CC1CCCCS1. The normalized spacial score (nSPS) is 21.8. The fourth-order valence-electron chi connectivity index (χ4n) is 1.68. The van der Waals surface area contributed by atoms with Crippen molar-refractivity contribution in [3.05, 3.63) is 0 Å². The number of ether oxygens (including phenoxy) is 1. The van der Waals surface area contributed by atoms with Crippen LogP contribution in [0.5, 0.6) is 0 Å². The smallest absolute Gasteiger partial charge is 0.306 e. The summed E-state index contributed by atoms with van der Waals surface area (Å²) in [7, 11) is -1.06. The van der Waals surface area contributed by atoms with Gasteiger partial charge in [-0.15, -0.1) is 0 Å². The Kier molecular flexibility index (Phi) is 5.90. The van der Waals surface area contributed by atoms with Gasteiger partial charge in [-0.05, 0) is 24.6 Å². The van der Waals surface area contributed by atoms with Crippen molar-refractivity contribution in [2.45, 2.75) is 56.6 Å². The zero-order chi connectivity index (χ0) is 12.0. The Balaban J connectivity index is 2.10. The summed E-state index contributed by atoms with van der Waals surface area (Å²) >= 11 is 1.94. The maximum atomic E-state index is 11.6. The highest BCUT2D eigenvalue weighted by atomic mass is 32.2. The lowest BCUT2D eigenvalue weighted by Crippen LogP contribution is -2.23. The van der Waals surface area contributed by atoms with Crippen molar-refractivity contribution >= 4 is 25.8 Å². The number of hydrogen-bond acceptors (Lipinski definition) is 3. The zero-order valence-corrected chi connectivity index (χ0v) is 12.6. The summed E-state index contributed by atoms with van der Waals surface area (Å²) in [4.78, 5) is 11.6. The van der Waals surface area contributed by atoms with Crippen LogP contribution >= 0.6 is 11.8 Å². The molecule has 1 fully saturated rings. The molecule has 0 saturated carbocycles. The third-order valence-electron chi connectivity index (χ3n) is 2.78. The Morgan fingerprint density at radius 1 is 1.38 bits per heavy atom. The minimum atomic E-state index is -1.06. The van der Waals surface area contributed by atoms with Crippen LogP contribution in [0.25, 0.3) is 0 Å². The number of carbonyl (C=O) groups excluding carboxylic acids is 1. The molecule has 0 aromatic heterocycles. The molecular formula is C12H24O2SSi. The van der Waals surface area contributed by atoms with E-state index in [0.29, 0.717) is 18.3 Å². The lowest BCUT2D eigenvalue weighted by atomic mass is 10.1. The molecule has 0 amide bonds. The van der Waals surface area contributed by atoms with E-state index >= 15 is 0 Å². The Morgan fingerprint density at radius 3 is 2.69 bits per heavy atom. The van der Waals surface area contributed by atoms with E-state index in [-0.39, 0.29) is 5.97 Å². The van der Waals surface area contributed by atoms with E-state index in [4.69, 9.17) is 4.74 Å². The molecule has 16 heavy (non-hydrogen) atoms. The summed E-state index contributed by atoms with van der Waals surface area (Å²) in [6.07, 6.45) is 4.40. The minimum Gasteiger partial charge on any atom is -0.466 e. The maximum absolute atomic E-state index is 11.6. The first-order chi connectivity index (χ1) is 7.47. The Hall–Kier alpha value is 0.0369. The quantitative estimate of drug-likeness (QED) is 0.558. The summed E-state index contributed by atoms with van der Waals surface area (Å²) in [6.45, 7) is 7.54. The van der Waals surface area contributed by atoms with Crippen LogP contribution in [-0.2, 0) is 9.53 Å². The first-order valence-electron chi connectivity index (χ1n) is 6.24. The van der Waals surface area contributed by atoms with Gasteiger partial charge in [0.2, 0.25) is 0 Å². The highest BCUT2D eigenvalue weighted by Gasteiger charge is 2.19. The monoisotopic (exact) mass is 260 g/mol. The average Bonchev–Trinajstić information content (AvgIpc) is 2.17. The molecule has 0 bridgehead atoms. The van der Waals surface area contributed by atoms with Gasteiger partial charge in [-0.3, -0.25) is 4.79 Å². The van der Waals surface area contributed by atoms with Gasteiger partial charge in [0, 0.05) is 13.3 Å². The molecule has 1 atom stereocenters. The molecule has 0 aromatic rings. The van der Waals surface area contributed by atoms with E-state index < -0.39 is 8.07 Å². The van der Waals surface area contributed by atoms with Crippen molar-refractivity contribution in [2.75, 3.05) is 12.4 Å². The predicted molar refractivity (Wildman–Crippen MR) is 73.8 cm³/mol. The third kappa shape index (κ3) is 6.58. The zero-order valence-electron chi connectivity index (χ0n) is 10.8. The van der Waals surface area contributed by atoms with Crippen molar-refractivity contribution in [1.82, 2.24) is 0 Å². The molecule has 1 aliphatic rings. The third-order valence-corrected chi connectivity index (χ3v) is 5.89. The van der Waals surface area contributed by atoms with Gasteiger partial charge in [0.05, 0.1) is 13.0 Å². The van der Waals surface area contributed by atoms with Crippen LogP contribution in [-0.4, -0.2) is 31.7 Å². The summed E-state index contributed by atoms with van der Waals surface area (Å²) in [5, 5.41) is 0.521. The summed E-state index contributed by atoms with van der Waals surface area (Å²) in [5.74, 6) is 1.23. The van der Waals surface area contributed by atoms with Crippen molar-refractivity contribution in [1.29, 1.82) is 0 Å². The fourth-order valence-corrected chi connectivity index (χ4v) is 3.69. The molecule has 0 aromatic carbocycles. The van der Waals surface area contributed by atoms with E-state index in [0.717, 1.165) is 6.04 Å². The van der Waals surface area contributed by atoms with Crippen LogP contribution in [0.1, 0.15) is 25.7 Å². The highest BCUT2D eigenvalue weighted by molar-refractivity contribution is 7.99. The summed E-state index contributed by atoms with van der Waals surface area (Å²) < 4.78 is 5.30. The lowest BCUT2D eigenvalue weighted by molar-refractivity contribution is -0.143. The van der Waals surface area contributed by atoms with Crippen LogP contribution in [0, 0.1) is 0 Å². The second-order valence-electron chi connectivity index (χ2n) is 5.72. The number of rotatable bonds is 5. The van der Waals surface area contributed by atoms with Crippen LogP contribution in [0.3, 0.4) is 0 Å². The van der Waals surface area contributed by atoms with Gasteiger partial charge >= 0.3 is 5.97 Å². The predicted octanol–water partition coefficient (Wildman–Crippen LogP) is 3.54. The maximum Gasteiger partial charge on any atom is 0.306 e. The molecule has 2 nitrogen and oxygen atoms in total. The van der Waals surface area contributed by atoms with Gasteiger partial charge in [-0.25, -0.2) is 0 Å². The van der Waals surface area contributed by atoms with Gasteiger partial charge in [0.1, 0.15) is 0 Å². The minimum absolute atomic E-state index is 0.0117. The van der Waals surface area contributed by atoms with Crippen LogP contribution < -0.4 is 0 Å². The van der Waals surface area contributed by atoms with E-state index in [1.807, 2.05) is 11.8 Å². The van der Waals surface area contributed by atoms with Gasteiger partial charge in [-0.1, -0.05) is 26.1 Å². The van der Waals surface area contributed by atoms with Gasteiger partial charge in [-0.2, -0.15) is 11.8 Å². The Bertz CT molecular complexity index is 220. The first-order valence-corrected chi connectivity index (χ1v) is 11.0. The van der Waals surface area contributed by atoms with Crippen molar-refractivity contribution in [3.8, 4) is 0 Å². The molecule has 1 unspecified atom stereocenters. The molecule has 1 aliphatic heterocycles. The largest absolute Gasteiger partial charge is 0.466 e. The summed E-state index contributed by atoms with van der Waals surface area (Å²) in [6, 6.07) is 1.08. The number of carbonyl (C=O) groups is 1. The molecule has 1 saturated heterocycles. The number of thioether (sulfide) groups is 1. The molecular weight excluding hydrogens is 236 g/mol. The van der Waals surface area contributed by atoms with Crippen molar-refractivity contribution < 1.29 is 9.53 Å². The highest BCUT2D eigenvalue weighted by Crippen LogP contribution is 2.27. The summed E-state index contributed by atoms with van der Waals surface area (Å²) in [5.41, 5.74) is 0. The van der Waals surface area contributed by atoms with Gasteiger partial charge in [0.25, 0.3) is 0 Å². The first kappa shape index (κ1) is 14.1. The average molecular weight is 260 g/mol. The molecule has 1 heterocycles. The Labute approximate surface area is 105 Å². The molecule has 0 radical (unpaired) electrons. The topological polar surface area (TPSA) is 26.3 Å². The molecule has 0 spiro atoms.